The molecule has 140 valence electrons. The molecule has 7 nitrogen and oxygen atoms in total. The molecule has 28 heavy (non-hydrogen) atoms. The SMILES string of the molecule is Cc1nc(N)nc(OC(C)c2cc3cccc(C)c3nc2-c2cccnc2)n1. The molecule has 0 aliphatic heterocycles. The average molecular weight is 372 g/mol. The van der Waals surface area contributed by atoms with Crippen molar-refractivity contribution < 1.29 is 4.74 Å². The lowest BCUT2D eigenvalue weighted by Crippen LogP contribution is -2.11. The first kappa shape index (κ1) is 17.8. The molecule has 3 heterocycles. The molecule has 0 amide bonds. The fourth-order valence-electron chi connectivity index (χ4n) is 3.16. The van der Waals surface area contributed by atoms with Gasteiger partial charge in [-0.3, -0.25) is 4.98 Å². The van der Waals surface area contributed by atoms with Gasteiger partial charge in [0, 0.05) is 28.9 Å². The molecule has 0 saturated carbocycles. The number of aromatic nitrogens is 5. The summed E-state index contributed by atoms with van der Waals surface area (Å²) in [6.07, 6.45) is 3.19. The van der Waals surface area contributed by atoms with E-state index in [1.54, 1.807) is 19.3 Å². The van der Waals surface area contributed by atoms with Crippen LogP contribution in [0.1, 0.15) is 30.0 Å². The van der Waals surface area contributed by atoms with Gasteiger partial charge in [-0.05, 0) is 44.5 Å². The molecule has 2 N–H and O–H groups in total. The van der Waals surface area contributed by atoms with Crippen molar-refractivity contribution in [2.24, 2.45) is 0 Å². The van der Waals surface area contributed by atoms with Gasteiger partial charge in [0.05, 0.1) is 11.2 Å². The van der Waals surface area contributed by atoms with Gasteiger partial charge in [0.1, 0.15) is 11.9 Å². The molecule has 7 heteroatoms. The number of rotatable bonds is 4. The molecule has 4 aromatic rings. The second-order valence-electron chi connectivity index (χ2n) is 6.60. The van der Waals surface area contributed by atoms with Crippen molar-refractivity contribution in [2.45, 2.75) is 26.9 Å². The molecule has 0 fully saturated rings. The maximum Gasteiger partial charge on any atom is 0.322 e. The highest BCUT2D eigenvalue weighted by Gasteiger charge is 2.19. The number of nitrogens with two attached hydrogens (primary N) is 1. The smallest absolute Gasteiger partial charge is 0.322 e. The van der Waals surface area contributed by atoms with Gasteiger partial charge in [0.2, 0.25) is 5.95 Å². The monoisotopic (exact) mass is 372 g/mol. The molecule has 0 saturated heterocycles. The summed E-state index contributed by atoms with van der Waals surface area (Å²) < 4.78 is 6.00. The van der Waals surface area contributed by atoms with Crippen LogP contribution < -0.4 is 10.5 Å². The van der Waals surface area contributed by atoms with Crippen LogP contribution in [0.4, 0.5) is 5.95 Å². The first-order valence-corrected chi connectivity index (χ1v) is 8.97. The lowest BCUT2D eigenvalue weighted by molar-refractivity contribution is 0.207. The number of para-hydroxylation sites is 1. The molecule has 3 aromatic heterocycles. The second kappa shape index (κ2) is 7.19. The maximum atomic E-state index is 6.00. The molecule has 0 bridgehead atoms. The van der Waals surface area contributed by atoms with Crippen LogP contribution >= 0.6 is 0 Å². The van der Waals surface area contributed by atoms with E-state index in [4.69, 9.17) is 15.5 Å². The second-order valence-corrected chi connectivity index (χ2v) is 6.60. The summed E-state index contributed by atoms with van der Waals surface area (Å²) in [5, 5.41) is 1.05. The van der Waals surface area contributed by atoms with Crippen LogP contribution in [0.15, 0.2) is 48.8 Å². The fraction of sp³-hybridized carbons (Fsp3) is 0.190. The van der Waals surface area contributed by atoms with Gasteiger partial charge in [0.25, 0.3) is 0 Å². The Hall–Kier alpha value is -3.61. The van der Waals surface area contributed by atoms with Crippen LogP contribution in [0.25, 0.3) is 22.2 Å². The molecule has 4 rings (SSSR count). The third kappa shape index (κ3) is 3.46. The van der Waals surface area contributed by atoms with Gasteiger partial charge >= 0.3 is 6.01 Å². The lowest BCUT2D eigenvalue weighted by atomic mass is 10.00. The number of pyridine rings is 2. The van der Waals surface area contributed by atoms with Crippen molar-refractivity contribution in [1.29, 1.82) is 0 Å². The van der Waals surface area contributed by atoms with E-state index in [1.165, 1.54) is 0 Å². The van der Waals surface area contributed by atoms with Crippen molar-refractivity contribution in [1.82, 2.24) is 24.9 Å². The van der Waals surface area contributed by atoms with Crippen molar-refractivity contribution >= 4 is 16.9 Å². The van der Waals surface area contributed by atoms with E-state index in [0.29, 0.717) is 5.82 Å². The normalized spacial score (nSPS) is 12.1. The topological polar surface area (TPSA) is 99.7 Å². The molecule has 0 radical (unpaired) electrons. The van der Waals surface area contributed by atoms with E-state index in [-0.39, 0.29) is 18.1 Å². The largest absolute Gasteiger partial charge is 0.455 e. The Morgan fingerprint density at radius 1 is 1.00 bits per heavy atom. The minimum atomic E-state index is -0.353. The number of hydrogen-bond acceptors (Lipinski definition) is 7. The highest BCUT2D eigenvalue weighted by Crippen LogP contribution is 2.32. The lowest BCUT2D eigenvalue weighted by Gasteiger charge is -2.18. The van der Waals surface area contributed by atoms with Gasteiger partial charge in [-0.2, -0.15) is 15.0 Å². The number of fused-ring (bicyclic) bond motifs is 1. The van der Waals surface area contributed by atoms with Gasteiger partial charge in [-0.25, -0.2) is 4.98 Å². The molecule has 0 spiro atoms. The number of nitrogens with zero attached hydrogens (tertiary/aromatic N) is 5. The highest BCUT2D eigenvalue weighted by molar-refractivity contribution is 5.85. The predicted molar refractivity (Wildman–Crippen MR) is 108 cm³/mol. The van der Waals surface area contributed by atoms with Gasteiger partial charge < -0.3 is 10.5 Å². The molecule has 1 atom stereocenters. The van der Waals surface area contributed by atoms with E-state index in [9.17, 15) is 0 Å². The zero-order chi connectivity index (χ0) is 19.7. The number of ether oxygens (including phenoxy) is 1. The van der Waals surface area contributed by atoms with E-state index in [0.717, 1.165) is 33.3 Å². The summed E-state index contributed by atoms with van der Waals surface area (Å²) in [4.78, 5) is 21.5. The fourth-order valence-corrected chi connectivity index (χ4v) is 3.16. The molecule has 1 unspecified atom stereocenters. The highest BCUT2D eigenvalue weighted by atomic mass is 16.5. The first-order valence-electron chi connectivity index (χ1n) is 8.97. The molecule has 1 aromatic carbocycles. The zero-order valence-electron chi connectivity index (χ0n) is 15.9. The molecular formula is C21H20N6O. The zero-order valence-corrected chi connectivity index (χ0v) is 15.9. The number of nitrogen functional groups attached to an aromatic ring is 1. The van der Waals surface area contributed by atoms with Crippen LogP contribution in [-0.4, -0.2) is 24.9 Å². The first-order chi connectivity index (χ1) is 13.5. The van der Waals surface area contributed by atoms with E-state index < -0.39 is 0 Å². The molecule has 0 aliphatic carbocycles. The Balaban J connectivity index is 1.84. The number of hydrogen-bond donors (Lipinski definition) is 1. The number of anilines is 1. The van der Waals surface area contributed by atoms with Crippen LogP contribution in [0, 0.1) is 13.8 Å². The number of benzene rings is 1. The Bertz CT molecular complexity index is 1130. The van der Waals surface area contributed by atoms with Gasteiger partial charge in [-0.1, -0.05) is 18.2 Å². The third-order valence-corrected chi connectivity index (χ3v) is 4.48. The summed E-state index contributed by atoms with van der Waals surface area (Å²) in [5.41, 5.74) is 10.5. The van der Waals surface area contributed by atoms with Crippen molar-refractivity contribution in [2.75, 3.05) is 5.73 Å². The van der Waals surface area contributed by atoms with E-state index in [2.05, 4.69) is 39.0 Å². The summed E-state index contributed by atoms with van der Waals surface area (Å²) in [5.74, 6) is 0.642. The summed E-state index contributed by atoms with van der Waals surface area (Å²) in [6, 6.07) is 12.3. The molecule has 0 aliphatic rings. The van der Waals surface area contributed by atoms with Gasteiger partial charge in [-0.15, -0.1) is 0 Å². The summed E-state index contributed by atoms with van der Waals surface area (Å²) in [6.45, 7) is 5.74. The van der Waals surface area contributed by atoms with Gasteiger partial charge in [0.15, 0.2) is 0 Å². The summed E-state index contributed by atoms with van der Waals surface area (Å²) in [7, 11) is 0. The quantitative estimate of drug-likeness (QED) is 0.581. The standard InChI is InChI=1S/C21H20N6O/c1-12-6-4-7-15-10-17(13(2)28-21-25-14(3)24-20(22)27-21)19(26-18(12)15)16-8-5-9-23-11-16/h4-11,13H,1-3H3,(H2,22,24,25,27). The minimum Gasteiger partial charge on any atom is -0.455 e. The molecular weight excluding hydrogens is 352 g/mol. The predicted octanol–water partition coefficient (Wildman–Crippen LogP) is 3.82. The third-order valence-electron chi connectivity index (χ3n) is 4.48. The average Bonchev–Trinajstić information content (AvgIpc) is 2.67. The van der Waals surface area contributed by atoms with E-state index in [1.807, 2.05) is 31.2 Å². The van der Waals surface area contributed by atoms with Crippen molar-refractivity contribution in [3.63, 3.8) is 0 Å². The Morgan fingerprint density at radius 3 is 2.61 bits per heavy atom. The van der Waals surface area contributed by atoms with Crippen molar-refractivity contribution in [3.8, 4) is 17.3 Å². The minimum absolute atomic E-state index is 0.134. The van der Waals surface area contributed by atoms with Crippen LogP contribution in [-0.2, 0) is 0 Å². The number of aryl methyl sites for hydroxylation is 2. The Kier molecular flexibility index (Phi) is 4.57. The van der Waals surface area contributed by atoms with Crippen LogP contribution in [0.5, 0.6) is 6.01 Å². The van der Waals surface area contributed by atoms with E-state index >= 15 is 0 Å². The Morgan fingerprint density at radius 2 is 1.86 bits per heavy atom. The van der Waals surface area contributed by atoms with Crippen LogP contribution in [0.3, 0.4) is 0 Å². The Labute approximate surface area is 162 Å². The maximum absolute atomic E-state index is 6.00. The van der Waals surface area contributed by atoms with Crippen molar-refractivity contribution in [3.05, 3.63) is 65.7 Å². The van der Waals surface area contributed by atoms with Crippen LogP contribution in [0.2, 0.25) is 0 Å². The summed E-state index contributed by atoms with van der Waals surface area (Å²) >= 11 is 0.